The fraction of sp³-hybridized carbons (Fsp3) is 0.639. The number of aliphatic hydroxyl groups is 1. The van der Waals surface area contributed by atoms with Gasteiger partial charge in [0, 0.05) is 5.56 Å². The molecule has 8 heteroatoms. The molecular weight excluding hydrogens is 585 g/mol. The molecule has 0 radical (unpaired) electrons. The zero-order chi connectivity index (χ0) is 33.1. The van der Waals surface area contributed by atoms with E-state index in [0.717, 1.165) is 29.9 Å². The molecule has 0 fully saturated rings. The average molecular weight is 649 g/mol. The zero-order valence-electron chi connectivity index (χ0n) is 29.3. The quantitative estimate of drug-likeness (QED) is 0.162. The summed E-state index contributed by atoms with van der Waals surface area (Å²) in [7, 11) is -3.48. The number of hydrogen-bond acceptors (Lipinski definition) is 6. The summed E-state index contributed by atoms with van der Waals surface area (Å²) in [5, 5.41) is 9.47. The summed E-state index contributed by atoms with van der Waals surface area (Å²) in [6, 6.07) is 14.9. The number of hydrogen-bond donors (Lipinski definition) is 1. The van der Waals surface area contributed by atoms with Crippen LogP contribution in [0.3, 0.4) is 0 Å². The van der Waals surface area contributed by atoms with Crippen molar-refractivity contribution in [3.63, 3.8) is 0 Å². The lowest BCUT2D eigenvalue weighted by molar-refractivity contribution is 0.101. The van der Waals surface area contributed by atoms with Crippen LogP contribution in [0.2, 0.25) is 36.3 Å². The highest BCUT2D eigenvalue weighted by atomic mass is 28.4. The molecule has 0 saturated carbocycles. The second-order valence-corrected chi connectivity index (χ2v) is 23.9. The van der Waals surface area contributed by atoms with E-state index in [9.17, 15) is 4.79 Å². The van der Waals surface area contributed by atoms with Crippen LogP contribution in [-0.4, -0.2) is 52.9 Å². The zero-order valence-corrected chi connectivity index (χ0v) is 31.3. The molecule has 1 N–H and O–H groups in total. The second-order valence-electron chi connectivity index (χ2n) is 14.3. The Morgan fingerprint density at radius 3 is 1.32 bits per heavy atom. The third-order valence-electron chi connectivity index (χ3n) is 8.76. The Morgan fingerprint density at radius 1 is 0.705 bits per heavy atom. The summed E-state index contributed by atoms with van der Waals surface area (Å²) < 4.78 is 24.5. The molecule has 0 aliphatic carbocycles. The number of aliphatic hydroxyl groups excluding tert-OH is 1. The van der Waals surface area contributed by atoms with Crippen LogP contribution in [0, 0.1) is 0 Å². The Balaban J connectivity index is 0.000000823. The van der Waals surface area contributed by atoms with Gasteiger partial charge in [-0.05, 0) is 98.0 Å². The van der Waals surface area contributed by atoms with E-state index in [1.807, 2.05) is 36.4 Å². The first-order valence-corrected chi connectivity index (χ1v) is 21.5. The van der Waals surface area contributed by atoms with Crippen LogP contribution in [0.4, 0.5) is 0 Å². The minimum atomic E-state index is -1.75. The van der Waals surface area contributed by atoms with Crippen molar-refractivity contribution in [3.05, 3.63) is 59.7 Å². The van der Waals surface area contributed by atoms with Crippen LogP contribution in [-0.2, 0) is 15.5 Å². The standard InChI is InChI=1S/C18H30O3Si.C17H30O3Si.CH4/c1-8-16(13-20-22(6,7)18(3,4)5)21-17-11-9-15(10-12-17)14(2)19;1-7-15(13-19-21(5,6)17(2,3)4)20-16-10-8-14(12-18)9-11-16;/h9-12,16H,8,13H2,1-7H3;8-11,15,18H,7,12-13H2,1-6H3;1H4. The van der Waals surface area contributed by atoms with E-state index in [0.29, 0.717) is 18.8 Å². The molecule has 2 rings (SSSR count). The first-order chi connectivity index (χ1) is 19.8. The van der Waals surface area contributed by atoms with E-state index in [4.69, 9.17) is 23.4 Å². The van der Waals surface area contributed by atoms with Crippen LogP contribution in [0.25, 0.3) is 0 Å². The Morgan fingerprint density at radius 2 is 1.05 bits per heavy atom. The van der Waals surface area contributed by atoms with Gasteiger partial charge in [0.1, 0.15) is 23.7 Å². The van der Waals surface area contributed by atoms with Crippen molar-refractivity contribution >= 4 is 22.4 Å². The molecule has 252 valence electrons. The third kappa shape index (κ3) is 14.0. The van der Waals surface area contributed by atoms with E-state index >= 15 is 0 Å². The largest absolute Gasteiger partial charge is 0.488 e. The number of benzene rings is 2. The van der Waals surface area contributed by atoms with Crippen LogP contribution >= 0.6 is 0 Å². The highest BCUT2D eigenvalue weighted by molar-refractivity contribution is 6.74. The summed E-state index contributed by atoms with van der Waals surface area (Å²) in [6.07, 6.45) is 1.91. The average Bonchev–Trinajstić information content (AvgIpc) is 2.93. The molecule has 2 aromatic carbocycles. The van der Waals surface area contributed by atoms with Gasteiger partial charge >= 0.3 is 0 Å². The van der Waals surface area contributed by atoms with Gasteiger partial charge < -0.3 is 23.4 Å². The van der Waals surface area contributed by atoms with Gasteiger partial charge in [-0.3, -0.25) is 4.79 Å². The normalized spacial score (nSPS) is 13.6. The second kappa shape index (κ2) is 18.2. The first-order valence-electron chi connectivity index (χ1n) is 15.7. The van der Waals surface area contributed by atoms with Gasteiger partial charge in [-0.1, -0.05) is 74.9 Å². The van der Waals surface area contributed by atoms with Crippen molar-refractivity contribution < 1.29 is 28.2 Å². The smallest absolute Gasteiger partial charge is 0.192 e. The van der Waals surface area contributed by atoms with E-state index < -0.39 is 16.6 Å². The molecule has 0 bridgehead atoms. The fourth-order valence-electron chi connectivity index (χ4n) is 3.33. The molecule has 0 aromatic heterocycles. The van der Waals surface area contributed by atoms with Crippen molar-refractivity contribution in [1.82, 2.24) is 0 Å². The highest BCUT2D eigenvalue weighted by Crippen LogP contribution is 2.37. The van der Waals surface area contributed by atoms with Crippen molar-refractivity contribution in [1.29, 1.82) is 0 Å². The minimum absolute atomic E-state index is 0. The van der Waals surface area contributed by atoms with Crippen molar-refractivity contribution in [2.75, 3.05) is 13.2 Å². The third-order valence-corrected chi connectivity index (χ3v) is 17.8. The highest BCUT2D eigenvalue weighted by Gasteiger charge is 2.38. The first kappa shape index (κ1) is 42.0. The van der Waals surface area contributed by atoms with Gasteiger partial charge in [-0.2, -0.15) is 0 Å². The molecular formula is C36H64O6Si2. The van der Waals surface area contributed by atoms with Gasteiger partial charge in [0.15, 0.2) is 22.4 Å². The molecule has 44 heavy (non-hydrogen) atoms. The number of ether oxygens (including phenoxy) is 2. The summed E-state index contributed by atoms with van der Waals surface area (Å²) in [4.78, 5) is 11.3. The summed E-state index contributed by atoms with van der Waals surface area (Å²) in [6.45, 7) is 29.6. The maximum atomic E-state index is 11.3. The fourth-order valence-corrected chi connectivity index (χ4v) is 5.40. The number of carbonyl (C=O) groups excluding carboxylic acids is 1. The predicted molar refractivity (Wildman–Crippen MR) is 191 cm³/mol. The van der Waals surface area contributed by atoms with E-state index in [1.54, 1.807) is 19.1 Å². The molecule has 2 atom stereocenters. The van der Waals surface area contributed by atoms with Crippen molar-refractivity contribution in [2.45, 2.75) is 138 Å². The van der Waals surface area contributed by atoms with Crippen LogP contribution in [0.15, 0.2) is 48.5 Å². The minimum Gasteiger partial charge on any atom is -0.488 e. The number of ketones is 1. The number of Topliss-reactive ketones (excluding diaryl/α,β-unsaturated/α-hetero) is 1. The maximum Gasteiger partial charge on any atom is 0.192 e. The summed E-state index contributed by atoms with van der Waals surface area (Å²) in [5.74, 6) is 1.69. The summed E-state index contributed by atoms with van der Waals surface area (Å²) >= 11 is 0. The lowest BCUT2D eigenvalue weighted by Gasteiger charge is -2.37. The predicted octanol–water partition coefficient (Wildman–Crippen LogP) is 10.1. The molecule has 2 unspecified atom stereocenters. The van der Waals surface area contributed by atoms with Gasteiger partial charge in [0.25, 0.3) is 0 Å². The number of carbonyl (C=O) groups is 1. The lowest BCUT2D eigenvalue weighted by Crippen LogP contribution is -2.43. The van der Waals surface area contributed by atoms with Crippen LogP contribution < -0.4 is 9.47 Å². The summed E-state index contributed by atoms with van der Waals surface area (Å²) in [5.41, 5.74) is 1.60. The number of rotatable bonds is 14. The maximum absolute atomic E-state index is 11.3. The Labute approximate surface area is 272 Å². The van der Waals surface area contributed by atoms with Crippen molar-refractivity contribution in [2.24, 2.45) is 0 Å². The van der Waals surface area contributed by atoms with E-state index in [-0.39, 0.29) is 42.1 Å². The van der Waals surface area contributed by atoms with Gasteiger partial charge in [-0.25, -0.2) is 0 Å². The van der Waals surface area contributed by atoms with E-state index in [2.05, 4.69) is 81.6 Å². The van der Waals surface area contributed by atoms with Crippen molar-refractivity contribution in [3.8, 4) is 11.5 Å². The molecule has 0 aliphatic heterocycles. The Bertz CT molecular complexity index is 1080. The molecule has 6 nitrogen and oxygen atoms in total. The molecule has 0 saturated heterocycles. The molecule has 0 aliphatic rings. The molecule has 2 aromatic rings. The van der Waals surface area contributed by atoms with E-state index in [1.165, 1.54) is 0 Å². The Kier molecular flexibility index (Phi) is 17.4. The van der Waals surface area contributed by atoms with Crippen LogP contribution in [0.1, 0.15) is 98.5 Å². The SMILES string of the molecule is C.CCC(CO[Si](C)(C)C(C)(C)C)Oc1ccc(C(C)=O)cc1.CCC(CO[Si](C)(C)C(C)(C)C)Oc1ccc(CO)cc1. The molecule has 0 amide bonds. The lowest BCUT2D eigenvalue weighted by atomic mass is 10.1. The Hall–Kier alpha value is -1.98. The monoisotopic (exact) mass is 648 g/mol. The molecule has 0 heterocycles. The van der Waals surface area contributed by atoms with Gasteiger partial charge in [-0.15, -0.1) is 0 Å². The van der Waals surface area contributed by atoms with Gasteiger partial charge in [0.05, 0.1) is 19.8 Å². The molecule has 0 spiro atoms. The topological polar surface area (TPSA) is 74.2 Å². The van der Waals surface area contributed by atoms with Gasteiger partial charge in [0.2, 0.25) is 0 Å². The van der Waals surface area contributed by atoms with Crippen LogP contribution in [0.5, 0.6) is 11.5 Å².